The van der Waals surface area contributed by atoms with Crippen molar-refractivity contribution in [1.82, 2.24) is 9.88 Å². The zero-order valence-electron chi connectivity index (χ0n) is 13.2. The lowest BCUT2D eigenvalue weighted by molar-refractivity contribution is -0.149. The maximum atomic E-state index is 13.8. The van der Waals surface area contributed by atoms with Crippen molar-refractivity contribution in [2.45, 2.75) is 25.8 Å². The lowest BCUT2D eigenvalue weighted by Crippen LogP contribution is -2.35. The summed E-state index contributed by atoms with van der Waals surface area (Å²) in [6.45, 7) is 1.74. The molecule has 2 aromatic rings. The fourth-order valence-electron chi connectivity index (χ4n) is 4.22. The number of benzene rings is 1. The van der Waals surface area contributed by atoms with Gasteiger partial charge in [-0.1, -0.05) is 18.6 Å². The van der Waals surface area contributed by atoms with Gasteiger partial charge in [0.2, 0.25) is 5.89 Å². The standard InChI is InChI=1S/C18H19FN2O3/c19-14-6-2-1-5-13(14)15-8-20-16(24-15)10-21-9-12-4-3-7-18(12,11-21)17(22)23/h1-2,5-6,8,12H,3-4,7,9-11H2,(H,22,23)/t12-,18+/m0/s1. The summed E-state index contributed by atoms with van der Waals surface area (Å²) in [6, 6.07) is 6.42. The quantitative estimate of drug-likeness (QED) is 0.933. The number of carboxylic acid groups (broad SMARTS) is 1. The van der Waals surface area contributed by atoms with Crippen molar-refractivity contribution < 1.29 is 18.7 Å². The van der Waals surface area contributed by atoms with Gasteiger partial charge in [-0.15, -0.1) is 0 Å². The summed E-state index contributed by atoms with van der Waals surface area (Å²) < 4.78 is 19.5. The van der Waals surface area contributed by atoms with Crippen molar-refractivity contribution in [3.63, 3.8) is 0 Å². The van der Waals surface area contributed by atoms with Gasteiger partial charge in [-0.3, -0.25) is 9.69 Å². The third kappa shape index (κ3) is 2.41. The van der Waals surface area contributed by atoms with Gasteiger partial charge in [0.05, 0.1) is 23.7 Å². The Morgan fingerprint density at radius 1 is 1.46 bits per heavy atom. The molecule has 1 saturated carbocycles. The lowest BCUT2D eigenvalue weighted by Gasteiger charge is -2.23. The van der Waals surface area contributed by atoms with E-state index in [-0.39, 0.29) is 11.7 Å². The SMILES string of the molecule is O=C(O)[C@@]12CCC[C@H]1CN(Cc1ncc(-c3ccccc3F)o1)C2. The summed E-state index contributed by atoms with van der Waals surface area (Å²) >= 11 is 0. The zero-order valence-corrected chi connectivity index (χ0v) is 13.2. The Balaban J connectivity index is 1.50. The first-order valence-corrected chi connectivity index (χ1v) is 8.24. The Labute approximate surface area is 139 Å². The molecular formula is C18H19FN2O3. The van der Waals surface area contributed by atoms with E-state index in [0.29, 0.717) is 30.3 Å². The first kappa shape index (κ1) is 15.3. The lowest BCUT2D eigenvalue weighted by atomic mass is 9.81. The molecule has 2 heterocycles. The van der Waals surface area contributed by atoms with Gasteiger partial charge in [0.15, 0.2) is 5.76 Å². The van der Waals surface area contributed by atoms with Gasteiger partial charge in [-0.25, -0.2) is 9.37 Å². The third-order valence-electron chi connectivity index (χ3n) is 5.42. The van der Waals surface area contributed by atoms with Crippen LogP contribution in [0.1, 0.15) is 25.2 Å². The van der Waals surface area contributed by atoms with Gasteiger partial charge in [-0.05, 0) is 30.9 Å². The second-order valence-electron chi connectivity index (χ2n) is 6.82. The molecule has 1 aliphatic carbocycles. The Kier molecular flexibility index (Phi) is 3.64. The Morgan fingerprint density at radius 3 is 3.04 bits per heavy atom. The fourth-order valence-corrected chi connectivity index (χ4v) is 4.22. The summed E-state index contributed by atoms with van der Waals surface area (Å²) in [5.41, 5.74) is -0.224. The maximum absolute atomic E-state index is 13.8. The topological polar surface area (TPSA) is 66.6 Å². The molecule has 6 heteroatoms. The molecule has 0 amide bonds. The van der Waals surface area contributed by atoms with Gasteiger partial charge in [-0.2, -0.15) is 0 Å². The van der Waals surface area contributed by atoms with Crippen molar-refractivity contribution in [3.8, 4) is 11.3 Å². The minimum atomic E-state index is -0.688. The van der Waals surface area contributed by atoms with Crippen LogP contribution in [-0.4, -0.2) is 34.0 Å². The van der Waals surface area contributed by atoms with Crippen LogP contribution in [0.4, 0.5) is 4.39 Å². The average molecular weight is 330 g/mol. The molecule has 2 fully saturated rings. The second kappa shape index (κ2) is 5.70. The van der Waals surface area contributed by atoms with E-state index >= 15 is 0 Å². The minimum Gasteiger partial charge on any atom is -0.481 e. The van der Waals surface area contributed by atoms with Crippen LogP contribution in [0.2, 0.25) is 0 Å². The van der Waals surface area contributed by atoms with E-state index in [9.17, 15) is 14.3 Å². The minimum absolute atomic E-state index is 0.205. The first-order valence-electron chi connectivity index (χ1n) is 8.24. The number of nitrogens with zero attached hydrogens (tertiary/aromatic N) is 2. The third-order valence-corrected chi connectivity index (χ3v) is 5.42. The first-order chi connectivity index (χ1) is 11.6. The van der Waals surface area contributed by atoms with E-state index in [0.717, 1.165) is 25.8 Å². The number of oxazole rings is 1. The van der Waals surface area contributed by atoms with E-state index in [1.807, 2.05) is 0 Å². The van der Waals surface area contributed by atoms with Gasteiger partial charge in [0.1, 0.15) is 5.82 Å². The van der Waals surface area contributed by atoms with Crippen LogP contribution in [0, 0.1) is 17.2 Å². The summed E-state index contributed by atoms with van der Waals surface area (Å²) in [6.07, 6.45) is 4.23. The van der Waals surface area contributed by atoms with E-state index in [2.05, 4.69) is 9.88 Å². The van der Waals surface area contributed by atoms with E-state index in [1.54, 1.807) is 18.2 Å². The number of hydrogen-bond donors (Lipinski definition) is 1. The highest BCUT2D eigenvalue weighted by atomic mass is 19.1. The van der Waals surface area contributed by atoms with E-state index in [4.69, 9.17) is 4.42 Å². The molecule has 1 aromatic carbocycles. The Morgan fingerprint density at radius 2 is 2.29 bits per heavy atom. The monoisotopic (exact) mass is 330 g/mol. The second-order valence-corrected chi connectivity index (χ2v) is 6.82. The predicted octanol–water partition coefficient (Wildman–Crippen LogP) is 3.17. The molecule has 24 heavy (non-hydrogen) atoms. The average Bonchev–Trinajstić information content (AvgIpc) is 3.22. The molecule has 2 atom stereocenters. The number of carboxylic acids is 1. The van der Waals surface area contributed by atoms with Crippen molar-refractivity contribution in [3.05, 3.63) is 42.2 Å². The summed E-state index contributed by atoms with van der Waals surface area (Å²) in [4.78, 5) is 18.1. The molecule has 0 spiro atoms. The number of aliphatic carboxylic acids is 1. The van der Waals surface area contributed by atoms with Crippen molar-refractivity contribution in [2.24, 2.45) is 11.3 Å². The van der Waals surface area contributed by atoms with Crippen molar-refractivity contribution in [1.29, 1.82) is 0 Å². The maximum Gasteiger partial charge on any atom is 0.311 e. The fraction of sp³-hybridized carbons (Fsp3) is 0.444. The van der Waals surface area contributed by atoms with Crippen LogP contribution >= 0.6 is 0 Å². The molecule has 1 aliphatic heterocycles. The highest BCUT2D eigenvalue weighted by molar-refractivity contribution is 5.76. The number of halogens is 1. The highest BCUT2D eigenvalue weighted by Gasteiger charge is 2.54. The Hall–Kier alpha value is -2.21. The number of aromatic nitrogens is 1. The number of carbonyl (C=O) groups is 1. The summed E-state index contributed by atoms with van der Waals surface area (Å²) in [5.74, 6) is 0.0629. The normalized spacial score (nSPS) is 26.6. The van der Waals surface area contributed by atoms with E-state index in [1.165, 1.54) is 12.3 Å². The molecule has 0 unspecified atom stereocenters. The van der Waals surface area contributed by atoms with Crippen molar-refractivity contribution >= 4 is 5.97 Å². The van der Waals surface area contributed by atoms with Crippen molar-refractivity contribution in [2.75, 3.05) is 13.1 Å². The zero-order chi connectivity index (χ0) is 16.7. The van der Waals surface area contributed by atoms with Crippen LogP contribution in [0.25, 0.3) is 11.3 Å². The smallest absolute Gasteiger partial charge is 0.311 e. The predicted molar refractivity (Wildman–Crippen MR) is 84.6 cm³/mol. The van der Waals surface area contributed by atoms with Gasteiger partial charge in [0, 0.05) is 13.1 Å². The van der Waals surface area contributed by atoms with E-state index < -0.39 is 11.4 Å². The van der Waals surface area contributed by atoms with Gasteiger partial charge >= 0.3 is 5.97 Å². The summed E-state index contributed by atoms with van der Waals surface area (Å²) in [7, 11) is 0. The highest BCUT2D eigenvalue weighted by Crippen LogP contribution is 2.49. The van der Waals surface area contributed by atoms with Crippen LogP contribution < -0.4 is 0 Å². The number of fused-ring (bicyclic) bond motifs is 1. The number of rotatable bonds is 4. The molecule has 1 saturated heterocycles. The molecular weight excluding hydrogens is 311 g/mol. The molecule has 4 rings (SSSR count). The molecule has 1 N–H and O–H groups in total. The molecule has 126 valence electrons. The van der Waals surface area contributed by atoms with Gasteiger partial charge in [0.25, 0.3) is 0 Å². The molecule has 2 aliphatic rings. The largest absolute Gasteiger partial charge is 0.481 e. The van der Waals surface area contributed by atoms with Crippen LogP contribution in [0.3, 0.4) is 0 Å². The van der Waals surface area contributed by atoms with Crippen LogP contribution in [0.5, 0.6) is 0 Å². The molecule has 1 aromatic heterocycles. The molecule has 5 nitrogen and oxygen atoms in total. The van der Waals surface area contributed by atoms with Crippen LogP contribution in [-0.2, 0) is 11.3 Å². The van der Waals surface area contributed by atoms with Crippen LogP contribution in [0.15, 0.2) is 34.9 Å². The molecule has 0 bridgehead atoms. The number of likely N-dealkylation sites (tertiary alicyclic amines) is 1. The molecule has 0 radical (unpaired) electrons. The van der Waals surface area contributed by atoms with Gasteiger partial charge < -0.3 is 9.52 Å². The summed E-state index contributed by atoms with van der Waals surface area (Å²) in [5, 5.41) is 9.63. The number of hydrogen-bond acceptors (Lipinski definition) is 4. The Bertz CT molecular complexity index is 775.